The van der Waals surface area contributed by atoms with Crippen molar-refractivity contribution in [1.29, 1.82) is 0 Å². The van der Waals surface area contributed by atoms with E-state index in [1.807, 2.05) is 60.8 Å². The number of nitrogens with zero attached hydrogens (tertiary/aromatic N) is 2. The third-order valence-corrected chi connectivity index (χ3v) is 5.96. The van der Waals surface area contributed by atoms with Gasteiger partial charge in [0.1, 0.15) is 5.75 Å². The molecule has 7 heteroatoms. The van der Waals surface area contributed by atoms with E-state index < -0.39 is 0 Å². The molecule has 1 aliphatic rings. The molecule has 3 aromatic rings. The first kappa shape index (κ1) is 20.1. The number of carbonyl (C=O) groups excluding carboxylic acids is 2. The van der Waals surface area contributed by atoms with Crippen molar-refractivity contribution < 1.29 is 14.3 Å². The van der Waals surface area contributed by atoms with Gasteiger partial charge in [0.05, 0.1) is 18.7 Å². The second kappa shape index (κ2) is 8.67. The number of likely N-dealkylation sites (tertiary alicyclic amines) is 1. The number of amides is 2. The fourth-order valence-corrected chi connectivity index (χ4v) is 4.17. The predicted molar refractivity (Wildman–Crippen MR) is 117 cm³/mol. The summed E-state index contributed by atoms with van der Waals surface area (Å²) < 4.78 is 5.17. The Morgan fingerprint density at radius 2 is 1.93 bits per heavy atom. The van der Waals surface area contributed by atoms with E-state index in [0.29, 0.717) is 18.2 Å². The topological polar surface area (TPSA) is 71.5 Å². The summed E-state index contributed by atoms with van der Waals surface area (Å²) in [5.74, 6) is 0.263. The van der Waals surface area contributed by atoms with Crippen LogP contribution in [0.25, 0.3) is 11.3 Å². The summed E-state index contributed by atoms with van der Waals surface area (Å²) >= 11 is 1.37. The highest BCUT2D eigenvalue weighted by Crippen LogP contribution is 2.28. The van der Waals surface area contributed by atoms with Crippen molar-refractivity contribution in [3.8, 4) is 17.0 Å². The van der Waals surface area contributed by atoms with Crippen LogP contribution in [-0.2, 0) is 16.1 Å². The lowest BCUT2D eigenvalue weighted by atomic mass is 10.1. The number of aromatic nitrogens is 1. The first-order valence-electron chi connectivity index (χ1n) is 9.76. The van der Waals surface area contributed by atoms with Gasteiger partial charge in [0, 0.05) is 30.5 Å². The first-order valence-corrected chi connectivity index (χ1v) is 10.6. The Labute approximate surface area is 179 Å². The van der Waals surface area contributed by atoms with Crippen molar-refractivity contribution in [3.05, 3.63) is 65.0 Å². The molecular weight excluding hydrogens is 398 g/mol. The van der Waals surface area contributed by atoms with Gasteiger partial charge in [0.15, 0.2) is 5.13 Å². The van der Waals surface area contributed by atoms with Crippen molar-refractivity contribution in [2.24, 2.45) is 5.92 Å². The quantitative estimate of drug-likeness (QED) is 0.650. The first-order chi connectivity index (χ1) is 14.5. The Morgan fingerprint density at radius 3 is 2.63 bits per heavy atom. The molecule has 1 atom stereocenters. The Morgan fingerprint density at radius 1 is 1.20 bits per heavy atom. The molecule has 1 aromatic heterocycles. The molecule has 4 rings (SSSR count). The number of methoxy groups -OCH3 is 1. The molecule has 2 aromatic carbocycles. The van der Waals surface area contributed by atoms with Gasteiger partial charge in [-0.1, -0.05) is 29.8 Å². The molecular formula is C23H23N3O3S. The molecule has 0 saturated carbocycles. The molecule has 1 fully saturated rings. The number of carbonyl (C=O) groups is 2. The number of anilines is 1. The van der Waals surface area contributed by atoms with Gasteiger partial charge in [-0.2, -0.15) is 0 Å². The van der Waals surface area contributed by atoms with E-state index in [0.717, 1.165) is 22.6 Å². The van der Waals surface area contributed by atoms with Crippen molar-refractivity contribution in [1.82, 2.24) is 9.88 Å². The van der Waals surface area contributed by atoms with Crippen LogP contribution in [0, 0.1) is 12.8 Å². The molecule has 2 heterocycles. The molecule has 0 radical (unpaired) electrons. The smallest absolute Gasteiger partial charge is 0.231 e. The molecule has 6 nitrogen and oxygen atoms in total. The number of nitrogens with one attached hydrogen (secondary N) is 1. The van der Waals surface area contributed by atoms with Crippen molar-refractivity contribution in [3.63, 3.8) is 0 Å². The van der Waals surface area contributed by atoms with E-state index in [2.05, 4.69) is 10.3 Å². The van der Waals surface area contributed by atoms with Crippen LogP contribution >= 0.6 is 11.3 Å². The highest BCUT2D eigenvalue weighted by Gasteiger charge is 2.34. The van der Waals surface area contributed by atoms with Crippen LogP contribution < -0.4 is 10.1 Å². The van der Waals surface area contributed by atoms with Gasteiger partial charge in [-0.05, 0) is 36.8 Å². The van der Waals surface area contributed by atoms with Crippen LogP contribution in [0.15, 0.2) is 53.9 Å². The highest BCUT2D eigenvalue weighted by atomic mass is 32.1. The minimum Gasteiger partial charge on any atom is -0.497 e. The maximum Gasteiger partial charge on any atom is 0.231 e. The summed E-state index contributed by atoms with van der Waals surface area (Å²) in [5, 5.41) is 5.31. The van der Waals surface area contributed by atoms with Gasteiger partial charge in [-0.3, -0.25) is 9.59 Å². The number of benzene rings is 2. The monoisotopic (exact) mass is 421 g/mol. The van der Waals surface area contributed by atoms with Crippen LogP contribution in [0.2, 0.25) is 0 Å². The normalized spacial score (nSPS) is 16.0. The Balaban J connectivity index is 1.36. The minimum atomic E-state index is -0.365. The molecule has 0 spiro atoms. The Kier molecular flexibility index (Phi) is 5.81. The average Bonchev–Trinajstić information content (AvgIpc) is 3.37. The largest absolute Gasteiger partial charge is 0.497 e. The van der Waals surface area contributed by atoms with E-state index in [-0.39, 0.29) is 24.2 Å². The molecule has 154 valence electrons. The van der Waals surface area contributed by atoms with E-state index in [1.54, 1.807) is 12.0 Å². The van der Waals surface area contributed by atoms with Gasteiger partial charge in [0.2, 0.25) is 11.8 Å². The van der Waals surface area contributed by atoms with Crippen LogP contribution in [0.1, 0.15) is 17.5 Å². The minimum absolute atomic E-state index is 0.00813. The zero-order chi connectivity index (χ0) is 21.1. The summed E-state index contributed by atoms with van der Waals surface area (Å²) in [5.41, 5.74) is 3.99. The number of hydrogen-bond acceptors (Lipinski definition) is 5. The molecule has 0 aliphatic carbocycles. The molecule has 30 heavy (non-hydrogen) atoms. The second-order valence-electron chi connectivity index (χ2n) is 7.42. The number of hydrogen-bond donors (Lipinski definition) is 1. The van der Waals surface area contributed by atoms with Crippen LogP contribution in [0.4, 0.5) is 5.13 Å². The zero-order valence-electron chi connectivity index (χ0n) is 16.9. The predicted octanol–water partition coefficient (Wildman–Crippen LogP) is 4.11. The lowest BCUT2D eigenvalue weighted by Gasteiger charge is -2.16. The van der Waals surface area contributed by atoms with E-state index in [1.165, 1.54) is 16.9 Å². The maximum absolute atomic E-state index is 12.7. The van der Waals surface area contributed by atoms with Crippen molar-refractivity contribution in [2.75, 3.05) is 19.0 Å². The molecule has 0 unspecified atom stereocenters. The average molecular weight is 422 g/mol. The lowest BCUT2D eigenvalue weighted by Crippen LogP contribution is -2.28. The third-order valence-electron chi connectivity index (χ3n) is 5.20. The fourth-order valence-electron chi connectivity index (χ4n) is 3.45. The van der Waals surface area contributed by atoms with Gasteiger partial charge >= 0.3 is 0 Å². The maximum atomic E-state index is 12.7. The molecule has 1 saturated heterocycles. The molecule has 0 bridgehead atoms. The Hall–Kier alpha value is -3.19. The number of aryl methyl sites for hydroxylation is 1. The van der Waals surface area contributed by atoms with Crippen LogP contribution in [0.3, 0.4) is 0 Å². The zero-order valence-corrected chi connectivity index (χ0v) is 17.7. The summed E-state index contributed by atoms with van der Waals surface area (Å²) in [7, 11) is 1.63. The second-order valence-corrected chi connectivity index (χ2v) is 8.27. The number of thiazole rings is 1. The van der Waals surface area contributed by atoms with Gasteiger partial charge in [0.25, 0.3) is 0 Å². The highest BCUT2D eigenvalue weighted by molar-refractivity contribution is 7.14. The van der Waals surface area contributed by atoms with Gasteiger partial charge in [-0.15, -0.1) is 11.3 Å². The third kappa shape index (κ3) is 4.52. The summed E-state index contributed by atoms with van der Waals surface area (Å²) in [6.45, 7) is 2.99. The van der Waals surface area contributed by atoms with E-state index in [9.17, 15) is 9.59 Å². The van der Waals surface area contributed by atoms with Crippen LogP contribution in [0.5, 0.6) is 5.75 Å². The van der Waals surface area contributed by atoms with Crippen molar-refractivity contribution >= 4 is 28.3 Å². The van der Waals surface area contributed by atoms with Crippen LogP contribution in [-0.4, -0.2) is 35.4 Å². The Bertz CT molecular complexity index is 1040. The van der Waals surface area contributed by atoms with Gasteiger partial charge in [-0.25, -0.2) is 4.98 Å². The SMILES string of the molecule is COc1ccc(-c2csc(NC(=O)[C@H]3CC(=O)N(Cc4ccc(C)cc4)C3)n2)cc1. The van der Waals surface area contributed by atoms with Crippen molar-refractivity contribution in [2.45, 2.75) is 19.9 Å². The molecule has 2 amide bonds. The van der Waals surface area contributed by atoms with E-state index in [4.69, 9.17) is 4.74 Å². The molecule has 1 aliphatic heterocycles. The number of ether oxygens (including phenoxy) is 1. The number of rotatable bonds is 6. The fraction of sp³-hybridized carbons (Fsp3) is 0.261. The summed E-state index contributed by atoms with van der Waals surface area (Å²) in [6.07, 6.45) is 0.231. The summed E-state index contributed by atoms with van der Waals surface area (Å²) in [6, 6.07) is 15.7. The lowest BCUT2D eigenvalue weighted by molar-refractivity contribution is -0.128. The van der Waals surface area contributed by atoms with Gasteiger partial charge < -0.3 is 15.0 Å². The van der Waals surface area contributed by atoms with E-state index >= 15 is 0 Å². The molecule has 1 N–H and O–H groups in total. The standard InChI is InChI=1S/C23H23N3O3S/c1-15-3-5-16(6-4-15)12-26-13-18(11-21(26)27)22(28)25-23-24-20(14-30-23)17-7-9-19(29-2)10-8-17/h3-10,14,18H,11-13H2,1-2H3,(H,24,25,28)/t18-/m0/s1. The summed E-state index contributed by atoms with van der Waals surface area (Å²) in [4.78, 5) is 31.3.